The summed E-state index contributed by atoms with van der Waals surface area (Å²) in [6.45, 7) is 6.24. The fourth-order valence-corrected chi connectivity index (χ4v) is 2.39. The molecule has 1 heterocycles. The van der Waals surface area contributed by atoms with E-state index >= 15 is 0 Å². The van der Waals surface area contributed by atoms with Crippen LogP contribution in [0.2, 0.25) is 0 Å². The van der Waals surface area contributed by atoms with E-state index in [0.717, 1.165) is 0 Å². The standard InChI is InChI=1S/C17H24N4O3.ClH/c1-4-17(5-2,11-18)16(22)20-13-6-8-14(9-7-13)23-10-15-19-12(3)21-24-15;/h6-9H,4-5,10-11,18H2,1-3H3,(H,20,22);1H. The highest BCUT2D eigenvalue weighted by Crippen LogP contribution is 2.27. The first kappa shape index (κ1) is 20.9. The smallest absolute Gasteiger partial charge is 0.264 e. The summed E-state index contributed by atoms with van der Waals surface area (Å²) >= 11 is 0. The molecule has 1 aromatic heterocycles. The van der Waals surface area contributed by atoms with E-state index in [1.54, 1.807) is 31.2 Å². The third-order valence-electron chi connectivity index (χ3n) is 4.27. The summed E-state index contributed by atoms with van der Waals surface area (Å²) in [5, 5.41) is 6.62. The minimum Gasteiger partial charge on any atom is -0.484 e. The molecule has 1 amide bonds. The summed E-state index contributed by atoms with van der Waals surface area (Å²) in [6.07, 6.45) is 1.41. The minimum absolute atomic E-state index is 0. The van der Waals surface area contributed by atoms with E-state index in [1.807, 2.05) is 13.8 Å². The molecule has 138 valence electrons. The van der Waals surface area contributed by atoms with E-state index in [-0.39, 0.29) is 24.9 Å². The van der Waals surface area contributed by atoms with Crippen molar-refractivity contribution in [2.45, 2.75) is 40.2 Å². The molecule has 7 nitrogen and oxygen atoms in total. The van der Waals surface area contributed by atoms with E-state index in [1.165, 1.54) is 0 Å². The molecular formula is C17H25ClN4O3. The molecule has 0 bridgehead atoms. The number of aromatic nitrogens is 2. The van der Waals surface area contributed by atoms with Crippen LogP contribution < -0.4 is 15.8 Å². The molecule has 0 radical (unpaired) electrons. The van der Waals surface area contributed by atoms with Crippen molar-refractivity contribution < 1.29 is 14.1 Å². The summed E-state index contributed by atoms with van der Waals surface area (Å²) < 4.78 is 10.5. The Morgan fingerprint density at radius 3 is 2.40 bits per heavy atom. The van der Waals surface area contributed by atoms with Crippen LogP contribution in [0.5, 0.6) is 5.75 Å². The fourth-order valence-electron chi connectivity index (χ4n) is 2.39. The molecule has 1 aromatic carbocycles. The molecule has 0 aliphatic rings. The van der Waals surface area contributed by atoms with Crippen LogP contribution in [-0.4, -0.2) is 22.6 Å². The first-order valence-electron chi connectivity index (χ1n) is 8.06. The van der Waals surface area contributed by atoms with Crippen molar-refractivity contribution in [2.24, 2.45) is 11.1 Å². The second kappa shape index (κ2) is 9.39. The van der Waals surface area contributed by atoms with E-state index in [0.29, 0.717) is 42.5 Å². The molecule has 25 heavy (non-hydrogen) atoms. The maximum Gasteiger partial charge on any atom is 0.264 e. The van der Waals surface area contributed by atoms with Crippen molar-refractivity contribution in [3.63, 3.8) is 0 Å². The SMILES string of the molecule is CCC(CC)(CN)C(=O)Nc1ccc(OCc2nc(C)no2)cc1.Cl. The highest BCUT2D eigenvalue weighted by atomic mass is 35.5. The Morgan fingerprint density at radius 1 is 1.28 bits per heavy atom. The Bertz CT molecular complexity index is 661. The second-order valence-electron chi connectivity index (χ2n) is 5.69. The van der Waals surface area contributed by atoms with Crippen LogP contribution in [0.15, 0.2) is 28.8 Å². The molecule has 0 spiro atoms. The lowest BCUT2D eigenvalue weighted by atomic mass is 9.81. The summed E-state index contributed by atoms with van der Waals surface area (Å²) in [5.41, 5.74) is 5.99. The number of rotatable bonds is 8. The van der Waals surface area contributed by atoms with Gasteiger partial charge in [-0.3, -0.25) is 4.79 Å². The van der Waals surface area contributed by atoms with E-state index in [2.05, 4.69) is 15.5 Å². The molecule has 3 N–H and O–H groups in total. The third-order valence-corrected chi connectivity index (χ3v) is 4.27. The third kappa shape index (κ3) is 5.17. The topological polar surface area (TPSA) is 103 Å². The van der Waals surface area contributed by atoms with Gasteiger partial charge in [-0.15, -0.1) is 12.4 Å². The molecule has 2 rings (SSSR count). The molecule has 2 aromatic rings. The van der Waals surface area contributed by atoms with Gasteiger partial charge in [0, 0.05) is 12.2 Å². The van der Waals surface area contributed by atoms with Gasteiger partial charge in [0.1, 0.15) is 5.75 Å². The molecule has 8 heteroatoms. The lowest BCUT2D eigenvalue weighted by Crippen LogP contribution is -2.41. The fraction of sp³-hybridized carbons (Fsp3) is 0.471. The average Bonchev–Trinajstić information content (AvgIpc) is 3.02. The Morgan fingerprint density at radius 2 is 1.92 bits per heavy atom. The van der Waals surface area contributed by atoms with Gasteiger partial charge in [-0.2, -0.15) is 4.98 Å². The van der Waals surface area contributed by atoms with E-state index in [9.17, 15) is 4.79 Å². The minimum atomic E-state index is -0.523. The lowest BCUT2D eigenvalue weighted by Gasteiger charge is -2.28. The number of aryl methyl sites for hydroxylation is 1. The molecular weight excluding hydrogens is 344 g/mol. The molecule has 0 saturated heterocycles. The van der Waals surface area contributed by atoms with Gasteiger partial charge < -0.3 is 20.3 Å². The Labute approximate surface area is 153 Å². The number of carbonyl (C=O) groups is 1. The van der Waals surface area contributed by atoms with Crippen LogP contribution in [0, 0.1) is 12.3 Å². The molecule has 0 aliphatic carbocycles. The van der Waals surface area contributed by atoms with E-state index in [4.69, 9.17) is 15.0 Å². The first-order chi connectivity index (χ1) is 11.5. The predicted octanol–water partition coefficient (Wildman–Crippen LogP) is 3.08. The number of hydrogen-bond donors (Lipinski definition) is 2. The van der Waals surface area contributed by atoms with Crippen molar-refractivity contribution >= 4 is 24.0 Å². The largest absolute Gasteiger partial charge is 0.484 e. The number of ether oxygens (including phenoxy) is 1. The Balaban J connectivity index is 0.00000312. The van der Waals surface area contributed by atoms with Gasteiger partial charge in [0.05, 0.1) is 5.41 Å². The number of hydrogen-bond acceptors (Lipinski definition) is 6. The van der Waals surface area contributed by atoms with Crippen molar-refractivity contribution in [3.8, 4) is 5.75 Å². The monoisotopic (exact) mass is 368 g/mol. The number of anilines is 1. The van der Waals surface area contributed by atoms with Crippen LogP contribution in [0.1, 0.15) is 38.4 Å². The number of halogens is 1. The van der Waals surface area contributed by atoms with Crippen LogP contribution in [0.3, 0.4) is 0 Å². The van der Waals surface area contributed by atoms with Crippen molar-refractivity contribution in [1.29, 1.82) is 0 Å². The zero-order valence-corrected chi connectivity index (χ0v) is 15.6. The highest BCUT2D eigenvalue weighted by molar-refractivity contribution is 5.95. The van der Waals surface area contributed by atoms with Crippen LogP contribution >= 0.6 is 12.4 Å². The van der Waals surface area contributed by atoms with Gasteiger partial charge in [0.25, 0.3) is 5.89 Å². The normalized spacial score (nSPS) is 10.9. The predicted molar refractivity (Wildman–Crippen MR) is 97.8 cm³/mol. The average molecular weight is 369 g/mol. The zero-order valence-electron chi connectivity index (χ0n) is 14.7. The van der Waals surface area contributed by atoms with Crippen molar-refractivity contribution in [3.05, 3.63) is 36.0 Å². The maximum atomic E-state index is 12.5. The quantitative estimate of drug-likeness (QED) is 0.742. The molecule has 0 aliphatic heterocycles. The summed E-state index contributed by atoms with van der Waals surface area (Å²) in [4.78, 5) is 16.5. The number of benzene rings is 1. The lowest BCUT2D eigenvalue weighted by molar-refractivity contribution is -0.125. The molecule has 0 saturated carbocycles. The Kier molecular flexibility index (Phi) is 7.86. The first-order valence-corrected chi connectivity index (χ1v) is 8.06. The van der Waals surface area contributed by atoms with Gasteiger partial charge in [-0.05, 0) is 44.0 Å². The highest BCUT2D eigenvalue weighted by Gasteiger charge is 2.33. The molecule has 0 unspecified atom stereocenters. The Hall–Kier alpha value is -2.12. The molecule has 0 fully saturated rings. The van der Waals surface area contributed by atoms with Gasteiger partial charge in [-0.25, -0.2) is 0 Å². The van der Waals surface area contributed by atoms with Crippen LogP contribution in [0.25, 0.3) is 0 Å². The van der Waals surface area contributed by atoms with Crippen molar-refractivity contribution in [1.82, 2.24) is 10.1 Å². The number of carbonyl (C=O) groups excluding carboxylic acids is 1. The van der Waals surface area contributed by atoms with Gasteiger partial charge >= 0.3 is 0 Å². The zero-order chi connectivity index (χ0) is 17.6. The second-order valence-corrected chi connectivity index (χ2v) is 5.69. The number of amides is 1. The van der Waals surface area contributed by atoms with Crippen LogP contribution in [0.4, 0.5) is 5.69 Å². The number of nitrogens with zero attached hydrogens (tertiary/aromatic N) is 2. The van der Waals surface area contributed by atoms with Crippen LogP contribution in [-0.2, 0) is 11.4 Å². The number of nitrogens with one attached hydrogen (secondary N) is 1. The van der Waals surface area contributed by atoms with Gasteiger partial charge in [-0.1, -0.05) is 19.0 Å². The van der Waals surface area contributed by atoms with E-state index < -0.39 is 5.41 Å². The van der Waals surface area contributed by atoms with Crippen molar-refractivity contribution in [2.75, 3.05) is 11.9 Å². The number of nitrogens with two attached hydrogens (primary N) is 1. The summed E-state index contributed by atoms with van der Waals surface area (Å²) in [7, 11) is 0. The molecule has 0 atom stereocenters. The van der Waals surface area contributed by atoms with Gasteiger partial charge in [0.2, 0.25) is 5.91 Å². The maximum absolute atomic E-state index is 12.5. The summed E-state index contributed by atoms with van der Waals surface area (Å²) in [6, 6.07) is 7.14. The summed E-state index contributed by atoms with van der Waals surface area (Å²) in [5.74, 6) is 1.59. The van der Waals surface area contributed by atoms with Gasteiger partial charge in [0.15, 0.2) is 12.4 Å².